The van der Waals surface area contributed by atoms with Crippen LogP contribution in [0.1, 0.15) is 174 Å². The lowest BCUT2D eigenvalue weighted by molar-refractivity contribution is 0.244. The van der Waals surface area contributed by atoms with Gasteiger partial charge in [-0.05, 0) is 12.8 Å². The van der Waals surface area contributed by atoms with E-state index in [-0.39, 0.29) is 19.3 Å². The molecular weight excluding hydrogens is 442 g/mol. The van der Waals surface area contributed by atoms with Gasteiger partial charge in [-0.25, -0.2) is 0 Å². The first kappa shape index (κ1) is 35.6. The standard InChI is InChI=1S/C33H67NO2/c1-2-3-4-5-6-7-8-9-10-11-12-13-14-15-16-17-18-19-20-21-22-23-24-25-26-27-28-29-33(32-36)34-30-31-35/h28-29,33-36H,2-27,30-32H2,1H3/b29-28+. The summed E-state index contributed by atoms with van der Waals surface area (Å²) < 4.78 is 0. The highest BCUT2D eigenvalue weighted by Gasteiger charge is 2.00. The van der Waals surface area contributed by atoms with Gasteiger partial charge in [0.2, 0.25) is 0 Å². The average Bonchev–Trinajstić information content (AvgIpc) is 2.90. The van der Waals surface area contributed by atoms with Gasteiger partial charge in [0.15, 0.2) is 0 Å². The number of rotatable bonds is 31. The molecule has 3 N–H and O–H groups in total. The predicted octanol–water partition coefficient (Wildman–Crippen LogP) is 9.65. The summed E-state index contributed by atoms with van der Waals surface area (Å²) in [5.41, 5.74) is 0. The highest BCUT2D eigenvalue weighted by Crippen LogP contribution is 2.16. The zero-order valence-electron chi connectivity index (χ0n) is 24.6. The summed E-state index contributed by atoms with van der Waals surface area (Å²) in [6.07, 6.45) is 41.1. The van der Waals surface area contributed by atoms with E-state index in [1.807, 2.05) is 6.08 Å². The second-order valence-corrected chi connectivity index (χ2v) is 11.2. The van der Waals surface area contributed by atoms with Crippen LogP contribution in [-0.4, -0.2) is 36.0 Å². The quantitative estimate of drug-likeness (QED) is 0.0644. The van der Waals surface area contributed by atoms with Gasteiger partial charge in [0.1, 0.15) is 0 Å². The third-order valence-corrected chi connectivity index (χ3v) is 7.56. The Labute approximate surface area is 227 Å². The molecule has 0 aliphatic heterocycles. The van der Waals surface area contributed by atoms with Gasteiger partial charge in [0, 0.05) is 12.6 Å². The number of unbranched alkanes of at least 4 members (excludes halogenated alkanes) is 25. The van der Waals surface area contributed by atoms with Gasteiger partial charge >= 0.3 is 0 Å². The van der Waals surface area contributed by atoms with Crippen molar-refractivity contribution in [2.24, 2.45) is 0 Å². The topological polar surface area (TPSA) is 52.5 Å². The Morgan fingerprint density at radius 1 is 0.500 bits per heavy atom. The van der Waals surface area contributed by atoms with Crippen molar-refractivity contribution in [2.45, 2.75) is 180 Å². The minimum atomic E-state index is -0.0173. The molecule has 0 aromatic rings. The van der Waals surface area contributed by atoms with E-state index in [0.29, 0.717) is 6.54 Å². The molecule has 0 bridgehead atoms. The second-order valence-electron chi connectivity index (χ2n) is 11.2. The number of allylic oxidation sites excluding steroid dienone is 1. The zero-order valence-corrected chi connectivity index (χ0v) is 24.6. The fourth-order valence-electron chi connectivity index (χ4n) is 5.11. The molecule has 0 radical (unpaired) electrons. The fourth-order valence-corrected chi connectivity index (χ4v) is 5.11. The molecular formula is C33H67NO2. The van der Waals surface area contributed by atoms with E-state index >= 15 is 0 Å². The van der Waals surface area contributed by atoms with Crippen LogP contribution in [0.4, 0.5) is 0 Å². The van der Waals surface area contributed by atoms with E-state index in [9.17, 15) is 5.11 Å². The normalized spacial score (nSPS) is 12.6. The SMILES string of the molecule is CCCCCCCCCCCCCCCCCCCCCCCCCCC/C=C/C(CO)NCCO. The second kappa shape index (κ2) is 32.6. The molecule has 0 fully saturated rings. The van der Waals surface area contributed by atoms with Crippen LogP contribution in [0.2, 0.25) is 0 Å². The van der Waals surface area contributed by atoms with E-state index in [0.717, 1.165) is 6.42 Å². The minimum Gasteiger partial charge on any atom is -0.395 e. The van der Waals surface area contributed by atoms with Crippen LogP contribution in [0.3, 0.4) is 0 Å². The van der Waals surface area contributed by atoms with Crippen molar-refractivity contribution in [1.82, 2.24) is 5.32 Å². The first-order valence-electron chi connectivity index (χ1n) is 16.5. The molecule has 0 heterocycles. The van der Waals surface area contributed by atoms with E-state index in [1.165, 1.54) is 161 Å². The average molecular weight is 510 g/mol. The van der Waals surface area contributed by atoms with E-state index in [4.69, 9.17) is 5.11 Å². The van der Waals surface area contributed by atoms with E-state index in [2.05, 4.69) is 18.3 Å². The van der Waals surface area contributed by atoms with Gasteiger partial charge in [-0.3, -0.25) is 0 Å². The first-order valence-corrected chi connectivity index (χ1v) is 16.5. The Kier molecular flexibility index (Phi) is 32.3. The lowest BCUT2D eigenvalue weighted by Gasteiger charge is -2.10. The van der Waals surface area contributed by atoms with Crippen molar-refractivity contribution in [3.8, 4) is 0 Å². The fraction of sp³-hybridized carbons (Fsp3) is 0.939. The summed E-state index contributed by atoms with van der Waals surface area (Å²) in [7, 11) is 0. The van der Waals surface area contributed by atoms with Crippen molar-refractivity contribution in [3.05, 3.63) is 12.2 Å². The maximum Gasteiger partial charge on any atom is 0.0620 e. The highest BCUT2D eigenvalue weighted by atomic mass is 16.3. The van der Waals surface area contributed by atoms with Crippen molar-refractivity contribution in [2.75, 3.05) is 19.8 Å². The number of aliphatic hydroxyl groups is 2. The Hall–Kier alpha value is -0.380. The summed E-state index contributed by atoms with van der Waals surface area (Å²) in [5.74, 6) is 0. The van der Waals surface area contributed by atoms with Crippen LogP contribution < -0.4 is 5.32 Å². The monoisotopic (exact) mass is 510 g/mol. The minimum absolute atomic E-state index is 0.0173. The summed E-state index contributed by atoms with van der Waals surface area (Å²) in [6.45, 7) is 3.04. The Balaban J connectivity index is 3.13. The van der Waals surface area contributed by atoms with Crippen LogP contribution in [0.5, 0.6) is 0 Å². The van der Waals surface area contributed by atoms with Gasteiger partial charge < -0.3 is 15.5 Å². The molecule has 0 aliphatic carbocycles. The van der Waals surface area contributed by atoms with E-state index in [1.54, 1.807) is 0 Å². The van der Waals surface area contributed by atoms with Crippen molar-refractivity contribution >= 4 is 0 Å². The highest BCUT2D eigenvalue weighted by molar-refractivity contribution is 4.92. The first-order chi connectivity index (χ1) is 17.8. The van der Waals surface area contributed by atoms with Gasteiger partial charge in [-0.1, -0.05) is 173 Å². The van der Waals surface area contributed by atoms with Crippen LogP contribution in [0.15, 0.2) is 12.2 Å². The molecule has 0 spiro atoms. The van der Waals surface area contributed by atoms with Crippen molar-refractivity contribution < 1.29 is 10.2 Å². The molecule has 0 aliphatic rings. The van der Waals surface area contributed by atoms with Crippen LogP contribution >= 0.6 is 0 Å². The van der Waals surface area contributed by atoms with Gasteiger partial charge in [-0.15, -0.1) is 0 Å². The summed E-state index contributed by atoms with van der Waals surface area (Å²) in [5, 5.41) is 21.2. The van der Waals surface area contributed by atoms with Gasteiger partial charge in [0.05, 0.1) is 13.2 Å². The molecule has 0 rings (SSSR count). The maximum atomic E-state index is 9.25. The molecule has 3 heteroatoms. The lowest BCUT2D eigenvalue weighted by atomic mass is 10.0. The third-order valence-electron chi connectivity index (χ3n) is 7.56. The number of nitrogens with one attached hydrogen (secondary N) is 1. The third kappa shape index (κ3) is 29.8. The Morgan fingerprint density at radius 3 is 1.14 bits per heavy atom. The molecule has 0 aromatic heterocycles. The molecule has 0 saturated carbocycles. The molecule has 3 nitrogen and oxygen atoms in total. The lowest BCUT2D eigenvalue weighted by Crippen LogP contribution is -2.32. The molecule has 0 saturated heterocycles. The van der Waals surface area contributed by atoms with Crippen LogP contribution in [-0.2, 0) is 0 Å². The number of aliphatic hydroxyl groups excluding tert-OH is 2. The molecule has 216 valence electrons. The van der Waals surface area contributed by atoms with E-state index < -0.39 is 0 Å². The van der Waals surface area contributed by atoms with Crippen LogP contribution in [0, 0.1) is 0 Å². The Bertz CT molecular complexity index is 412. The molecule has 36 heavy (non-hydrogen) atoms. The molecule has 1 atom stereocenters. The summed E-state index contributed by atoms with van der Waals surface area (Å²) in [4.78, 5) is 0. The molecule has 1 unspecified atom stereocenters. The number of hydrogen-bond donors (Lipinski definition) is 3. The predicted molar refractivity (Wildman–Crippen MR) is 161 cm³/mol. The van der Waals surface area contributed by atoms with Crippen molar-refractivity contribution in [3.63, 3.8) is 0 Å². The molecule has 0 aromatic carbocycles. The smallest absolute Gasteiger partial charge is 0.0620 e. The number of hydrogen-bond acceptors (Lipinski definition) is 3. The van der Waals surface area contributed by atoms with Crippen molar-refractivity contribution in [1.29, 1.82) is 0 Å². The van der Waals surface area contributed by atoms with Gasteiger partial charge in [-0.2, -0.15) is 0 Å². The van der Waals surface area contributed by atoms with Gasteiger partial charge in [0.25, 0.3) is 0 Å². The molecule has 0 amide bonds. The van der Waals surface area contributed by atoms with Crippen LogP contribution in [0.25, 0.3) is 0 Å². The zero-order chi connectivity index (χ0) is 26.2. The Morgan fingerprint density at radius 2 is 0.833 bits per heavy atom. The summed E-state index contributed by atoms with van der Waals surface area (Å²) in [6, 6.07) is -0.0173. The largest absolute Gasteiger partial charge is 0.395 e. The maximum absolute atomic E-state index is 9.25. The summed E-state index contributed by atoms with van der Waals surface area (Å²) >= 11 is 0.